The van der Waals surface area contributed by atoms with Crippen LogP contribution >= 0.6 is 0 Å². The zero-order chi connectivity index (χ0) is 19.1. The molecule has 0 bridgehead atoms. The number of nitrogens with two attached hydrogens (primary N) is 1. The monoisotopic (exact) mass is 363 g/mol. The molecule has 2 heterocycles. The Morgan fingerprint density at radius 3 is 2.59 bits per heavy atom. The first-order chi connectivity index (χ1) is 13.1. The molecule has 0 aliphatic rings. The number of aromatic nitrogens is 3. The summed E-state index contributed by atoms with van der Waals surface area (Å²) in [5.74, 6) is 1.36. The van der Waals surface area contributed by atoms with Crippen LogP contribution in [0.5, 0.6) is 0 Å². The van der Waals surface area contributed by atoms with Crippen LogP contribution in [-0.4, -0.2) is 21.2 Å². The number of nitrogens with zero attached hydrogens (tertiary/aromatic N) is 3. The molecular weight excluding hydrogens is 345 g/mol. The molecule has 27 heavy (non-hydrogen) atoms. The Kier molecular flexibility index (Phi) is 5.68. The maximum absolute atomic E-state index is 13.0. The maximum atomic E-state index is 13.0. The van der Waals surface area contributed by atoms with E-state index in [1.165, 1.54) is 18.2 Å². The zero-order valence-corrected chi connectivity index (χ0v) is 14.4. The van der Waals surface area contributed by atoms with Gasteiger partial charge in [-0.1, -0.05) is 12.1 Å². The fourth-order valence-electron chi connectivity index (χ4n) is 2.33. The molecule has 0 aliphatic carbocycles. The molecule has 0 saturated carbocycles. The van der Waals surface area contributed by atoms with Crippen molar-refractivity contribution in [3.8, 4) is 0 Å². The molecule has 5 N–H and O–H groups in total. The first-order valence-corrected chi connectivity index (χ1v) is 8.14. The van der Waals surface area contributed by atoms with Crippen LogP contribution in [0.25, 0.3) is 5.70 Å². The first kappa shape index (κ1) is 18.0. The maximum Gasteiger partial charge on any atom is 0.150 e. The van der Waals surface area contributed by atoms with Crippen molar-refractivity contribution in [2.24, 2.45) is 5.73 Å². The van der Waals surface area contributed by atoms with Crippen LogP contribution in [0.4, 0.5) is 21.8 Å². The number of rotatable bonds is 7. The van der Waals surface area contributed by atoms with E-state index >= 15 is 0 Å². The number of halogens is 1. The number of hydrogen-bond acceptors (Lipinski definition) is 7. The Bertz CT molecular complexity index is 940. The van der Waals surface area contributed by atoms with Crippen molar-refractivity contribution in [1.29, 1.82) is 5.41 Å². The number of nitrogens with one attached hydrogen (secondary N) is 3. The molecule has 0 unspecified atom stereocenters. The van der Waals surface area contributed by atoms with Gasteiger partial charge in [0.05, 0.1) is 6.20 Å². The number of allylic oxidation sites excluding steroid dienone is 1. The van der Waals surface area contributed by atoms with E-state index in [1.807, 2.05) is 0 Å². The van der Waals surface area contributed by atoms with Gasteiger partial charge >= 0.3 is 0 Å². The molecular formula is C19H18FN7. The number of benzene rings is 1. The highest BCUT2D eigenvalue weighted by Gasteiger charge is 2.06. The van der Waals surface area contributed by atoms with E-state index in [4.69, 9.17) is 11.1 Å². The highest BCUT2D eigenvalue weighted by molar-refractivity contribution is 5.82. The van der Waals surface area contributed by atoms with Gasteiger partial charge in [0.2, 0.25) is 0 Å². The summed E-state index contributed by atoms with van der Waals surface area (Å²) in [4.78, 5) is 12.7. The summed E-state index contributed by atoms with van der Waals surface area (Å²) in [6.07, 6.45) is 7.35. The molecule has 1 aromatic carbocycles. The predicted octanol–water partition coefficient (Wildman–Crippen LogP) is 3.32. The topological polar surface area (TPSA) is 113 Å². The average Bonchev–Trinajstić information content (AvgIpc) is 2.68. The Labute approximate surface area is 155 Å². The number of pyridine rings is 1. The van der Waals surface area contributed by atoms with Gasteiger partial charge in [0.25, 0.3) is 0 Å². The second kappa shape index (κ2) is 8.52. The molecule has 0 fully saturated rings. The minimum Gasteiger partial charge on any atom is -0.398 e. The van der Waals surface area contributed by atoms with Crippen molar-refractivity contribution in [3.63, 3.8) is 0 Å². The van der Waals surface area contributed by atoms with E-state index in [1.54, 1.807) is 42.9 Å². The summed E-state index contributed by atoms with van der Waals surface area (Å²) in [5.41, 5.74) is 8.06. The summed E-state index contributed by atoms with van der Waals surface area (Å²) in [6.45, 7) is 0.468. The third kappa shape index (κ3) is 5.08. The molecule has 3 aromatic rings. The summed E-state index contributed by atoms with van der Waals surface area (Å²) in [5, 5.41) is 13.5. The minimum absolute atomic E-state index is 0.279. The highest BCUT2D eigenvalue weighted by Crippen LogP contribution is 2.21. The lowest BCUT2D eigenvalue weighted by Gasteiger charge is -2.12. The molecule has 0 atom stereocenters. The lowest BCUT2D eigenvalue weighted by molar-refractivity contribution is 0.627. The highest BCUT2D eigenvalue weighted by atomic mass is 19.1. The smallest absolute Gasteiger partial charge is 0.150 e. The minimum atomic E-state index is -0.279. The molecule has 0 saturated heterocycles. The van der Waals surface area contributed by atoms with Gasteiger partial charge in [0.1, 0.15) is 23.3 Å². The van der Waals surface area contributed by atoms with Gasteiger partial charge in [-0.05, 0) is 35.9 Å². The molecule has 3 rings (SSSR count). The van der Waals surface area contributed by atoms with E-state index < -0.39 is 0 Å². The molecule has 0 amide bonds. The summed E-state index contributed by atoms with van der Waals surface area (Å²) >= 11 is 0. The standard InChI is InChI=1S/C19H18FN7/c20-15-3-1-13(2-4-15)11-25-17-9-14(16(22)5-6-21)10-18(26-17)27-19-12-23-7-8-24-19/h1-10,12,21H,11,22H2,(H2,24,25,26,27). The van der Waals surface area contributed by atoms with Crippen LogP contribution < -0.4 is 16.4 Å². The molecule has 2 aromatic heterocycles. The number of anilines is 3. The molecule has 0 radical (unpaired) electrons. The van der Waals surface area contributed by atoms with Crippen LogP contribution in [0.2, 0.25) is 0 Å². The van der Waals surface area contributed by atoms with Gasteiger partial charge in [-0.25, -0.2) is 14.4 Å². The predicted molar refractivity (Wildman–Crippen MR) is 104 cm³/mol. The third-order valence-electron chi connectivity index (χ3n) is 3.63. The van der Waals surface area contributed by atoms with Gasteiger partial charge in [-0.15, -0.1) is 0 Å². The van der Waals surface area contributed by atoms with Gasteiger partial charge < -0.3 is 21.8 Å². The SMILES string of the molecule is N=CC=C(N)c1cc(NCc2ccc(F)cc2)nc(Nc2cnccn2)c1. The Morgan fingerprint density at radius 2 is 1.89 bits per heavy atom. The van der Waals surface area contributed by atoms with Crippen LogP contribution in [0.3, 0.4) is 0 Å². The van der Waals surface area contributed by atoms with E-state index in [2.05, 4.69) is 25.6 Å². The third-order valence-corrected chi connectivity index (χ3v) is 3.63. The second-order valence-corrected chi connectivity index (χ2v) is 5.61. The van der Waals surface area contributed by atoms with Crippen molar-refractivity contribution in [2.45, 2.75) is 6.54 Å². The normalized spacial score (nSPS) is 11.1. The van der Waals surface area contributed by atoms with Crippen LogP contribution in [0, 0.1) is 11.2 Å². The molecule has 0 spiro atoms. The van der Waals surface area contributed by atoms with Crippen molar-refractivity contribution >= 4 is 29.4 Å². The number of hydrogen-bond donors (Lipinski definition) is 4. The van der Waals surface area contributed by atoms with Crippen molar-refractivity contribution in [3.05, 3.63) is 78.0 Å². The lowest BCUT2D eigenvalue weighted by atomic mass is 10.1. The van der Waals surface area contributed by atoms with Gasteiger partial charge in [-0.3, -0.25) is 4.98 Å². The van der Waals surface area contributed by atoms with E-state index in [0.717, 1.165) is 11.8 Å². The van der Waals surface area contributed by atoms with Gasteiger partial charge in [0, 0.05) is 36.4 Å². The fourth-order valence-corrected chi connectivity index (χ4v) is 2.33. The molecule has 8 heteroatoms. The first-order valence-electron chi connectivity index (χ1n) is 8.14. The summed E-state index contributed by atoms with van der Waals surface area (Å²) in [7, 11) is 0. The average molecular weight is 363 g/mol. The van der Waals surface area contributed by atoms with Crippen LogP contribution in [0.15, 0.2) is 61.1 Å². The van der Waals surface area contributed by atoms with Gasteiger partial charge in [-0.2, -0.15) is 0 Å². The second-order valence-electron chi connectivity index (χ2n) is 5.61. The van der Waals surface area contributed by atoms with E-state index in [9.17, 15) is 4.39 Å². The fraction of sp³-hybridized carbons (Fsp3) is 0.0526. The van der Waals surface area contributed by atoms with Crippen molar-refractivity contribution in [2.75, 3.05) is 10.6 Å². The zero-order valence-electron chi connectivity index (χ0n) is 14.4. The summed E-state index contributed by atoms with van der Waals surface area (Å²) < 4.78 is 13.0. The summed E-state index contributed by atoms with van der Waals surface area (Å²) in [6, 6.07) is 9.76. The molecule has 136 valence electrons. The van der Waals surface area contributed by atoms with Crippen molar-refractivity contribution < 1.29 is 4.39 Å². The Morgan fingerprint density at radius 1 is 1.11 bits per heavy atom. The van der Waals surface area contributed by atoms with Crippen LogP contribution in [0.1, 0.15) is 11.1 Å². The van der Waals surface area contributed by atoms with Gasteiger partial charge in [0.15, 0.2) is 0 Å². The largest absolute Gasteiger partial charge is 0.398 e. The Balaban J connectivity index is 1.85. The molecule has 0 aliphatic heterocycles. The lowest BCUT2D eigenvalue weighted by Crippen LogP contribution is -2.06. The van der Waals surface area contributed by atoms with E-state index in [-0.39, 0.29) is 5.82 Å². The Hall–Kier alpha value is -3.81. The molecule has 7 nitrogen and oxygen atoms in total. The van der Waals surface area contributed by atoms with E-state index in [0.29, 0.717) is 35.3 Å². The van der Waals surface area contributed by atoms with Crippen molar-refractivity contribution in [1.82, 2.24) is 15.0 Å². The van der Waals surface area contributed by atoms with Crippen LogP contribution in [-0.2, 0) is 6.54 Å². The quantitative estimate of drug-likeness (QED) is 0.479.